The lowest BCUT2D eigenvalue weighted by molar-refractivity contribution is 0.481. The van der Waals surface area contributed by atoms with Gasteiger partial charge in [-0.2, -0.15) is 0 Å². The molecule has 0 aromatic heterocycles. The summed E-state index contributed by atoms with van der Waals surface area (Å²) in [6.45, 7) is 2.06. The van der Waals surface area contributed by atoms with Gasteiger partial charge in [0.2, 0.25) is 0 Å². The van der Waals surface area contributed by atoms with E-state index in [0.29, 0.717) is 0 Å². The van der Waals surface area contributed by atoms with E-state index in [9.17, 15) is 0 Å². The summed E-state index contributed by atoms with van der Waals surface area (Å²) in [5.41, 5.74) is 1.23. The van der Waals surface area contributed by atoms with E-state index in [1.165, 1.54) is 17.6 Å². The molecule has 0 heterocycles. The number of rotatable bonds is 4. The summed E-state index contributed by atoms with van der Waals surface area (Å²) in [7, 11) is 1.65. The quantitative estimate of drug-likeness (QED) is 0.743. The lowest BCUT2D eigenvalue weighted by atomic mass is 10.2. The molecule has 2 aromatic rings. The molecule has 0 saturated carbocycles. The lowest BCUT2D eigenvalue weighted by Gasteiger charge is -2.06. The summed E-state index contributed by atoms with van der Waals surface area (Å²) in [6, 6.07) is 15.8. The Kier molecular flexibility index (Phi) is 4.07. The van der Waals surface area contributed by atoms with Crippen molar-refractivity contribution >= 4 is 12.0 Å². The van der Waals surface area contributed by atoms with Crippen LogP contribution in [0.25, 0.3) is 0 Å². The van der Waals surface area contributed by atoms with E-state index >= 15 is 0 Å². The Labute approximate surface area is 106 Å². The zero-order chi connectivity index (χ0) is 12.1. The predicted octanol–water partition coefficient (Wildman–Crippen LogP) is 4.44. The normalized spacial score (nSPS) is 10.2. The fourth-order valence-electron chi connectivity index (χ4n) is 1.40. The molecule has 88 valence electrons. The highest BCUT2D eigenvalue weighted by Crippen LogP contribution is 2.25. The minimum atomic E-state index is 0.828. The SMILES string of the molecule is COSc1ccc(Oc2ccc(C)cc2)cc1. The van der Waals surface area contributed by atoms with Crippen molar-refractivity contribution in [2.75, 3.05) is 7.11 Å². The van der Waals surface area contributed by atoms with Crippen molar-refractivity contribution in [3.05, 3.63) is 54.1 Å². The van der Waals surface area contributed by atoms with E-state index in [4.69, 9.17) is 8.92 Å². The summed E-state index contributed by atoms with van der Waals surface area (Å²) < 4.78 is 10.7. The zero-order valence-electron chi connectivity index (χ0n) is 9.84. The van der Waals surface area contributed by atoms with Crippen molar-refractivity contribution in [3.8, 4) is 11.5 Å². The van der Waals surface area contributed by atoms with Crippen LogP contribution < -0.4 is 4.74 Å². The van der Waals surface area contributed by atoms with Crippen molar-refractivity contribution in [1.82, 2.24) is 0 Å². The molecule has 0 aliphatic carbocycles. The van der Waals surface area contributed by atoms with Crippen LogP contribution in [0.1, 0.15) is 5.56 Å². The van der Waals surface area contributed by atoms with Crippen LogP contribution >= 0.6 is 12.0 Å². The van der Waals surface area contributed by atoms with Crippen molar-refractivity contribution in [3.63, 3.8) is 0 Å². The summed E-state index contributed by atoms with van der Waals surface area (Å²) in [5, 5.41) is 0. The van der Waals surface area contributed by atoms with E-state index in [1.54, 1.807) is 7.11 Å². The van der Waals surface area contributed by atoms with Gasteiger partial charge in [0.25, 0.3) is 0 Å². The van der Waals surface area contributed by atoms with E-state index < -0.39 is 0 Å². The van der Waals surface area contributed by atoms with Crippen molar-refractivity contribution in [1.29, 1.82) is 0 Å². The van der Waals surface area contributed by atoms with Crippen LogP contribution in [0.15, 0.2) is 53.4 Å². The second kappa shape index (κ2) is 5.75. The third kappa shape index (κ3) is 3.51. The first kappa shape index (κ1) is 12.0. The van der Waals surface area contributed by atoms with E-state index in [-0.39, 0.29) is 0 Å². The average Bonchev–Trinajstić information content (AvgIpc) is 2.35. The zero-order valence-corrected chi connectivity index (χ0v) is 10.7. The second-order valence-electron chi connectivity index (χ2n) is 3.64. The van der Waals surface area contributed by atoms with E-state index in [0.717, 1.165) is 16.4 Å². The molecular weight excluding hydrogens is 232 g/mol. The number of ether oxygens (including phenoxy) is 1. The largest absolute Gasteiger partial charge is 0.457 e. The van der Waals surface area contributed by atoms with Crippen molar-refractivity contribution in [2.45, 2.75) is 11.8 Å². The number of benzene rings is 2. The maximum atomic E-state index is 5.72. The van der Waals surface area contributed by atoms with Crippen LogP contribution in [0.2, 0.25) is 0 Å². The van der Waals surface area contributed by atoms with Crippen LogP contribution in [0.4, 0.5) is 0 Å². The maximum absolute atomic E-state index is 5.72. The molecule has 3 heteroatoms. The fourth-order valence-corrected chi connectivity index (χ4v) is 1.84. The highest BCUT2D eigenvalue weighted by atomic mass is 32.2. The molecule has 17 heavy (non-hydrogen) atoms. The molecule has 0 aliphatic heterocycles. The number of hydrogen-bond donors (Lipinski definition) is 0. The summed E-state index contributed by atoms with van der Waals surface area (Å²) in [4.78, 5) is 1.06. The highest BCUT2D eigenvalue weighted by Gasteiger charge is 1.98. The first-order chi connectivity index (χ1) is 8.28. The molecule has 0 atom stereocenters. The molecule has 2 aromatic carbocycles. The van der Waals surface area contributed by atoms with Gasteiger partial charge in [-0.05, 0) is 43.3 Å². The molecular formula is C14H14O2S. The van der Waals surface area contributed by atoms with Gasteiger partial charge < -0.3 is 8.92 Å². The Morgan fingerprint density at radius 3 is 1.88 bits per heavy atom. The Morgan fingerprint density at radius 1 is 0.824 bits per heavy atom. The standard InChI is InChI=1S/C14H14O2S/c1-11-3-5-12(6-4-11)16-13-7-9-14(10-8-13)17-15-2/h3-10H,1-2H3. The van der Waals surface area contributed by atoms with Gasteiger partial charge in [-0.15, -0.1) is 0 Å². The van der Waals surface area contributed by atoms with Crippen molar-refractivity contribution < 1.29 is 8.92 Å². The smallest absolute Gasteiger partial charge is 0.127 e. The monoisotopic (exact) mass is 246 g/mol. The van der Waals surface area contributed by atoms with Crippen LogP contribution in [0.3, 0.4) is 0 Å². The molecule has 0 bridgehead atoms. The second-order valence-corrected chi connectivity index (χ2v) is 4.61. The number of hydrogen-bond acceptors (Lipinski definition) is 3. The van der Waals surface area contributed by atoms with Gasteiger partial charge >= 0.3 is 0 Å². The van der Waals surface area contributed by atoms with Gasteiger partial charge in [0.1, 0.15) is 11.5 Å². The fraction of sp³-hybridized carbons (Fsp3) is 0.143. The highest BCUT2D eigenvalue weighted by molar-refractivity contribution is 7.94. The molecule has 0 fully saturated rings. The molecule has 0 saturated heterocycles. The van der Waals surface area contributed by atoms with Gasteiger partial charge in [0.05, 0.1) is 7.11 Å². The predicted molar refractivity (Wildman–Crippen MR) is 70.6 cm³/mol. The third-order valence-corrected chi connectivity index (χ3v) is 2.89. The first-order valence-corrected chi connectivity index (χ1v) is 6.07. The topological polar surface area (TPSA) is 18.5 Å². The van der Waals surface area contributed by atoms with Crippen LogP contribution in [-0.2, 0) is 4.18 Å². The Morgan fingerprint density at radius 2 is 1.35 bits per heavy atom. The van der Waals surface area contributed by atoms with Crippen molar-refractivity contribution in [2.24, 2.45) is 0 Å². The maximum Gasteiger partial charge on any atom is 0.127 e. The van der Waals surface area contributed by atoms with Gasteiger partial charge in [-0.1, -0.05) is 17.7 Å². The average molecular weight is 246 g/mol. The molecule has 0 aliphatic rings. The van der Waals surface area contributed by atoms with Gasteiger partial charge in [-0.3, -0.25) is 0 Å². The first-order valence-electron chi connectivity index (χ1n) is 5.33. The Hall–Kier alpha value is -1.45. The lowest BCUT2D eigenvalue weighted by Crippen LogP contribution is -1.84. The molecule has 0 spiro atoms. The summed E-state index contributed by atoms with van der Waals surface area (Å²) in [6.07, 6.45) is 0. The molecule has 0 amide bonds. The summed E-state index contributed by atoms with van der Waals surface area (Å²) >= 11 is 1.34. The Bertz CT molecular complexity index is 463. The minimum absolute atomic E-state index is 0.828. The van der Waals surface area contributed by atoms with Gasteiger partial charge in [-0.25, -0.2) is 0 Å². The number of aryl methyl sites for hydroxylation is 1. The minimum Gasteiger partial charge on any atom is -0.457 e. The Balaban J connectivity index is 2.05. The van der Waals surface area contributed by atoms with Gasteiger partial charge in [0, 0.05) is 16.9 Å². The molecule has 2 nitrogen and oxygen atoms in total. The molecule has 0 unspecified atom stereocenters. The van der Waals surface area contributed by atoms with Crippen LogP contribution in [0, 0.1) is 6.92 Å². The molecule has 0 radical (unpaired) electrons. The van der Waals surface area contributed by atoms with Crippen LogP contribution in [-0.4, -0.2) is 7.11 Å². The third-order valence-electron chi connectivity index (χ3n) is 2.26. The molecule has 2 rings (SSSR count). The van der Waals surface area contributed by atoms with Crippen LogP contribution in [0.5, 0.6) is 11.5 Å². The van der Waals surface area contributed by atoms with E-state index in [1.807, 2.05) is 48.5 Å². The summed E-state index contributed by atoms with van der Waals surface area (Å²) in [5.74, 6) is 1.68. The van der Waals surface area contributed by atoms with E-state index in [2.05, 4.69) is 6.92 Å². The van der Waals surface area contributed by atoms with Gasteiger partial charge in [0.15, 0.2) is 0 Å². The molecule has 0 N–H and O–H groups in total.